The smallest absolute Gasteiger partial charge is 0.349 e. The molecule has 7 heteroatoms. The van der Waals surface area contributed by atoms with Gasteiger partial charge in [0.15, 0.2) is 8.32 Å². The quantitative estimate of drug-likeness (QED) is 0.192. The van der Waals surface area contributed by atoms with Gasteiger partial charge in [0.25, 0.3) is 0 Å². The molecule has 120 valence electrons. The van der Waals surface area contributed by atoms with Crippen LogP contribution in [0.25, 0.3) is 0 Å². The Labute approximate surface area is 150 Å². The normalized spacial score (nSPS) is 12.5. The van der Waals surface area contributed by atoms with E-state index in [1.165, 1.54) is 18.4 Å². The second kappa shape index (κ2) is 7.81. The highest BCUT2D eigenvalue weighted by atomic mass is 127. The van der Waals surface area contributed by atoms with Crippen LogP contribution in [-0.4, -0.2) is 33.8 Å². The van der Waals surface area contributed by atoms with Gasteiger partial charge in [0.2, 0.25) is 0 Å². The second-order valence-electron chi connectivity index (χ2n) is 6.19. The molecule has 0 fully saturated rings. The summed E-state index contributed by atoms with van der Waals surface area (Å²) in [6.45, 7) is 11.9. The predicted molar refractivity (Wildman–Crippen MR) is 102 cm³/mol. The van der Waals surface area contributed by atoms with Crippen LogP contribution in [0.15, 0.2) is 11.0 Å². The average molecular weight is 458 g/mol. The van der Waals surface area contributed by atoms with Crippen molar-refractivity contribution in [1.29, 1.82) is 0 Å². The van der Waals surface area contributed by atoms with Crippen LogP contribution in [0.2, 0.25) is 18.1 Å². The summed E-state index contributed by atoms with van der Waals surface area (Å²) in [7, 11) is -0.263. The van der Waals surface area contributed by atoms with Crippen molar-refractivity contribution in [1.82, 2.24) is 0 Å². The molecule has 1 heterocycles. The molecule has 0 saturated carbocycles. The van der Waals surface area contributed by atoms with Crippen molar-refractivity contribution in [2.24, 2.45) is 0 Å². The fourth-order valence-corrected chi connectivity index (χ4v) is 5.61. The Kier molecular flexibility index (Phi) is 7.24. The molecular formula is C14H23IO3S2Si. The number of thiophene rings is 1. The van der Waals surface area contributed by atoms with Crippen LogP contribution >= 0.6 is 45.7 Å². The summed E-state index contributed by atoms with van der Waals surface area (Å²) in [6.07, 6.45) is 0. The Morgan fingerprint density at radius 3 is 2.57 bits per heavy atom. The summed E-state index contributed by atoms with van der Waals surface area (Å²) in [4.78, 5) is 13.4. The van der Waals surface area contributed by atoms with Gasteiger partial charge in [0.1, 0.15) is 4.88 Å². The number of carbonyl (C=O) groups is 1. The van der Waals surface area contributed by atoms with Crippen LogP contribution in [0.4, 0.5) is 0 Å². The summed E-state index contributed by atoms with van der Waals surface area (Å²) in [5.41, 5.74) is 0. The summed E-state index contributed by atoms with van der Waals surface area (Å²) >= 11 is 5.37. The maximum Gasteiger partial charge on any atom is 0.349 e. The Bertz CT molecular complexity index is 495. The van der Waals surface area contributed by atoms with Crippen LogP contribution in [0.3, 0.4) is 0 Å². The van der Waals surface area contributed by atoms with Gasteiger partial charge in [0.05, 0.1) is 9.99 Å². The van der Waals surface area contributed by atoms with Crippen molar-refractivity contribution in [3.63, 3.8) is 0 Å². The highest BCUT2D eigenvalue weighted by Crippen LogP contribution is 2.37. The number of hydrogen-bond acceptors (Lipinski definition) is 5. The first kappa shape index (κ1) is 19.5. The van der Waals surface area contributed by atoms with E-state index in [2.05, 4.69) is 56.5 Å². The second-order valence-corrected chi connectivity index (χ2v) is 15.1. The number of thioether (sulfide) groups is 1. The van der Waals surface area contributed by atoms with E-state index in [1.54, 1.807) is 11.8 Å². The largest absolute Gasteiger partial charge is 0.465 e. The molecule has 1 rings (SSSR count). The molecule has 0 N–H and O–H groups in total. The van der Waals surface area contributed by atoms with Gasteiger partial charge in [-0.2, -0.15) is 0 Å². The standard InChI is InChI=1S/C14H23IO3S2Si/c1-14(2,3)21(5,6)18-7-8-19-10-9-11(15)20-12(10)13(16)17-4/h9H,7-8H2,1-6H3. The molecule has 0 saturated heterocycles. The average Bonchev–Trinajstić information content (AvgIpc) is 2.73. The van der Waals surface area contributed by atoms with Crippen LogP contribution in [0.5, 0.6) is 0 Å². The fourth-order valence-electron chi connectivity index (χ4n) is 1.35. The van der Waals surface area contributed by atoms with Gasteiger partial charge >= 0.3 is 5.97 Å². The van der Waals surface area contributed by atoms with E-state index >= 15 is 0 Å². The lowest BCUT2D eigenvalue weighted by atomic mass is 10.2. The molecule has 3 nitrogen and oxygen atoms in total. The summed E-state index contributed by atoms with van der Waals surface area (Å²) in [5.74, 6) is 0.597. The molecule has 0 spiro atoms. The Morgan fingerprint density at radius 2 is 2.05 bits per heavy atom. The van der Waals surface area contributed by atoms with Crippen LogP contribution in [0.1, 0.15) is 30.4 Å². The molecule has 0 aliphatic rings. The van der Waals surface area contributed by atoms with E-state index in [-0.39, 0.29) is 11.0 Å². The van der Waals surface area contributed by atoms with Crippen LogP contribution < -0.4 is 0 Å². The summed E-state index contributed by atoms with van der Waals surface area (Å²) < 4.78 is 12.1. The molecule has 1 aromatic heterocycles. The Morgan fingerprint density at radius 1 is 1.43 bits per heavy atom. The van der Waals surface area contributed by atoms with Gasteiger partial charge < -0.3 is 9.16 Å². The molecule has 21 heavy (non-hydrogen) atoms. The fraction of sp³-hybridized carbons (Fsp3) is 0.643. The predicted octanol–water partition coefficient (Wildman–Crippen LogP) is 5.25. The van der Waals surface area contributed by atoms with Crippen molar-refractivity contribution >= 4 is 60.0 Å². The number of carbonyl (C=O) groups excluding carboxylic acids is 1. The van der Waals surface area contributed by atoms with Gasteiger partial charge in [0, 0.05) is 17.3 Å². The molecule has 0 atom stereocenters. The van der Waals surface area contributed by atoms with E-state index in [0.717, 1.165) is 13.5 Å². The molecule has 0 aromatic carbocycles. The molecule has 0 aliphatic carbocycles. The Balaban J connectivity index is 2.56. The van der Waals surface area contributed by atoms with E-state index in [4.69, 9.17) is 9.16 Å². The number of rotatable bonds is 6. The zero-order chi connectivity index (χ0) is 16.3. The minimum atomic E-state index is -1.68. The molecule has 0 bridgehead atoms. The minimum absolute atomic E-state index is 0.229. The first-order chi connectivity index (χ1) is 9.58. The lowest BCUT2D eigenvalue weighted by Gasteiger charge is -2.36. The number of esters is 1. The SMILES string of the molecule is COC(=O)c1sc(I)cc1SCCO[Si](C)(C)C(C)(C)C. The third-order valence-corrected chi connectivity index (χ3v) is 11.2. The highest BCUT2D eigenvalue weighted by Gasteiger charge is 2.36. The molecule has 1 aromatic rings. The zero-order valence-electron chi connectivity index (χ0n) is 13.4. The maximum absolute atomic E-state index is 11.7. The lowest BCUT2D eigenvalue weighted by molar-refractivity contribution is 0.0602. The minimum Gasteiger partial charge on any atom is -0.465 e. The number of ether oxygens (including phenoxy) is 1. The topological polar surface area (TPSA) is 35.5 Å². The summed E-state index contributed by atoms with van der Waals surface area (Å²) in [6, 6.07) is 2.04. The lowest BCUT2D eigenvalue weighted by Crippen LogP contribution is -2.41. The summed E-state index contributed by atoms with van der Waals surface area (Å²) in [5, 5.41) is 0.229. The van der Waals surface area contributed by atoms with Crippen molar-refractivity contribution in [3.8, 4) is 0 Å². The van der Waals surface area contributed by atoms with Gasteiger partial charge in [-0.1, -0.05) is 20.8 Å². The highest BCUT2D eigenvalue weighted by molar-refractivity contribution is 14.1. The van der Waals surface area contributed by atoms with E-state index in [1.807, 2.05) is 6.07 Å². The number of halogens is 1. The van der Waals surface area contributed by atoms with Gasteiger partial charge in [-0.3, -0.25) is 0 Å². The van der Waals surface area contributed by atoms with Gasteiger partial charge in [-0.25, -0.2) is 4.79 Å². The van der Waals surface area contributed by atoms with Crippen molar-refractivity contribution < 1.29 is 14.0 Å². The monoisotopic (exact) mass is 458 g/mol. The molecule has 0 aliphatic heterocycles. The van der Waals surface area contributed by atoms with Crippen LogP contribution in [0, 0.1) is 2.88 Å². The molecular weight excluding hydrogens is 435 g/mol. The maximum atomic E-state index is 11.7. The van der Waals surface area contributed by atoms with Gasteiger partial charge in [-0.05, 0) is 46.8 Å². The van der Waals surface area contributed by atoms with Crippen molar-refractivity contribution in [2.75, 3.05) is 19.5 Å². The first-order valence-electron chi connectivity index (χ1n) is 6.73. The first-order valence-corrected chi connectivity index (χ1v) is 12.5. The van der Waals surface area contributed by atoms with E-state index in [9.17, 15) is 4.79 Å². The van der Waals surface area contributed by atoms with Crippen molar-refractivity contribution in [2.45, 2.75) is 43.8 Å². The molecule has 0 radical (unpaired) electrons. The third-order valence-electron chi connectivity index (χ3n) is 3.65. The van der Waals surface area contributed by atoms with Gasteiger partial charge in [-0.15, -0.1) is 23.1 Å². The number of hydrogen-bond donors (Lipinski definition) is 0. The van der Waals surface area contributed by atoms with E-state index < -0.39 is 8.32 Å². The third kappa shape index (κ3) is 5.53. The molecule has 0 unspecified atom stereocenters. The number of methoxy groups -OCH3 is 1. The van der Waals surface area contributed by atoms with Crippen molar-refractivity contribution in [3.05, 3.63) is 13.8 Å². The molecule has 0 amide bonds. The van der Waals surface area contributed by atoms with E-state index in [0.29, 0.717) is 11.5 Å². The Hall–Kier alpha value is 0.427. The van der Waals surface area contributed by atoms with Crippen LogP contribution in [-0.2, 0) is 9.16 Å². The zero-order valence-corrected chi connectivity index (χ0v) is 18.2.